The number of H-pyrrole nitrogens is 1. The lowest BCUT2D eigenvalue weighted by atomic mass is 10.1. The van der Waals surface area contributed by atoms with E-state index in [0.29, 0.717) is 22.8 Å². The van der Waals surface area contributed by atoms with E-state index in [2.05, 4.69) is 31.1 Å². The molecule has 0 amide bonds. The third kappa shape index (κ3) is 3.60. The molecule has 2 aromatic carbocycles. The molecular weight excluding hydrogens is 376 g/mol. The summed E-state index contributed by atoms with van der Waals surface area (Å²) in [5.41, 5.74) is 1.35. The van der Waals surface area contributed by atoms with Crippen LogP contribution in [0.4, 0.5) is 5.69 Å². The number of ether oxygens (including phenoxy) is 1. The number of rotatable bonds is 5. The van der Waals surface area contributed by atoms with E-state index < -0.39 is 4.92 Å². The van der Waals surface area contributed by atoms with Crippen molar-refractivity contribution in [2.75, 3.05) is 0 Å². The molecule has 0 atom stereocenters. The van der Waals surface area contributed by atoms with E-state index in [9.17, 15) is 10.1 Å². The molecule has 0 radical (unpaired) electrons. The number of hydrogen-bond donors (Lipinski definition) is 1. The van der Waals surface area contributed by atoms with Gasteiger partial charge in [0.25, 0.3) is 5.69 Å². The van der Waals surface area contributed by atoms with Gasteiger partial charge in [-0.05, 0) is 43.3 Å². The summed E-state index contributed by atoms with van der Waals surface area (Å²) in [6.07, 6.45) is 0. The molecule has 1 aromatic heterocycles. The average molecular weight is 389 g/mol. The number of nitrogens with one attached hydrogen (secondary N) is 1. The van der Waals surface area contributed by atoms with Crippen molar-refractivity contribution in [2.45, 2.75) is 13.5 Å². The highest BCUT2D eigenvalue weighted by molar-refractivity contribution is 9.10. The maximum absolute atomic E-state index is 10.9. The molecule has 24 heavy (non-hydrogen) atoms. The van der Waals surface area contributed by atoms with E-state index in [1.807, 2.05) is 24.3 Å². The molecule has 1 heterocycles. The Bertz CT molecular complexity index is 877. The highest BCUT2D eigenvalue weighted by atomic mass is 79.9. The minimum Gasteiger partial charge on any atom is -0.486 e. The minimum absolute atomic E-state index is 0.0769. The molecule has 0 unspecified atom stereocenters. The smallest absolute Gasteiger partial charge is 0.272 e. The van der Waals surface area contributed by atoms with Crippen LogP contribution < -0.4 is 4.74 Å². The van der Waals surface area contributed by atoms with Crippen molar-refractivity contribution in [3.05, 3.63) is 68.4 Å². The number of hydrogen-bond acceptors (Lipinski definition) is 5. The Morgan fingerprint density at radius 2 is 2.00 bits per heavy atom. The topological polar surface area (TPSA) is 93.9 Å². The van der Waals surface area contributed by atoms with Gasteiger partial charge in [0.2, 0.25) is 0 Å². The Hall–Kier alpha value is -2.74. The fraction of sp³-hybridized carbons (Fsp3) is 0.125. The molecular formula is C16H13BrN4O3. The van der Waals surface area contributed by atoms with Crippen molar-refractivity contribution in [3.8, 4) is 17.1 Å². The van der Waals surface area contributed by atoms with Crippen LogP contribution in [0.3, 0.4) is 0 Å². The summed E-state index contributed by atoms with van der Waals surface area (Å²) < 4.78 is 6.60. The van der Waals surface area contributed by atoms with Crippen LogP contribution in [0, 0.1) is 17.0 Å². The van der Waals surface area contributed by atoms with Crippen LogP contribution >= 0.6 is 15.9 Å². The number of aryl methyl sites for hydroxylation is 1. The van der Waals surface area contributed by atoms with Gasteiger partial charge in [-0.25, -0.2) is 4.98 Å². The molecule has 1 N–H and O–H groups in total. The predicted molar refractivity (Wildman–Crippen MR) is 91.7 cm³/mol. The van der Waals surface area contributed by atoms with Crippen molar-refractivity contribution in [1.29, 1.82) is 0 Å². The molecule has 122 valence electrons. The van der Waals surface area contributed by atoms with E-state index in [0.717, 1.165) is 10.2 Å². The number of aromatic amines is 1. The zero-order valence-corrected chi connectivity index (χ0v) is 14.3. The summed E-state index contributed by atoms with van der Waals surface area (Å²) in [5, 5.41) is 17.8. The first-order valence-electron chi connectivity index (χ1n) is 7.08. The lowest BCUT2D eigenvalue weighted by Crippen LogP contribution is -1.97. The number of nitro benzene ring substituents is 1. The van der Waals surface area contributed by atoms with Crippen LogP contribution in [0.25, 0.3) is 11.4 Å². The van der Waals surface area contributed by atoms with E-state index in [-0.39, 0.29) is 12.3 Å². The molecule has 0 fully saturated rings. The normalized spacial score (nSPS) is 10.6. The van der Waals surface area contributed by atoms with E-state index in [1.165, 1.54) is 6.07 Å². The second-order valence-electron chi connectivity index (χ2n) is 5.11. The third-order valence-electron chi connectivity index (χ3n) is 3.37. The summed E-state index contributed by atoms with van der Waals surface area (Å²) in [4.78, 5) is 14.8. The predicted octanol–water partition coefficient (Wildman–Crippen LogP) is 4.03. The Balaban J connectivity index is 1.72. The second kappa shape index (κ2) is 6.79. The largest absolute Gasteiger partial charge is 0.486 e. The fourth-order valence-corrected chi connectivity index (χ4v) is 2.44. The zero-order valence-electron chi connectivity index (χ0n) is 12.7. The van der Waals surface area contributed by atoms with Crippen molar-refractivity contribution in [1.82, 2.24) is 15.2 Å². The Morgan fingerprint density at radius 3 is 2.67 bits per heavy atom. The third-order valence-corrected chi connectivity index (χ3v) is 3.90. The van der Waals surface area contributed by atoms with E-state index in [1.54, 1.807) is 19.1 Å². The van der Waals surface area contributed by atoms with Gasteiger partial charge < -0.3 is 4.74 Å². The number of nitrogens with zero attached hydrogens (tertiary/aromatic N) is 3. The van der Waals surface area contributed by atoms with Gasteiger partial charge in [0, 0.05) is 21.7 Å². The molecule has 0 spiro atoms. The maximum Gasteiger partial charge on any atom is 0.272 e. The van der Waals surface area contributed by atoms with E-state index in [4.69, 9.17) is 4.74 Å². The highest BCUT2D eigenvalue weighted by Crippen LogP contribution is 2.24. The first-order chi connectivity index (χ1) is 11.5. The Morgan fingerprint density at radius 1 is 1.25 bits per heavy atom. The molecule has 0 saturated heterocycles. The average Bonchev–Trinajstić information content (AvgIpc) is 3.03. The first-order valence-corrected chi connectivity index (χ1v) is 7.87. The summed E-state index contributed by atoms with van der Waals surface area (Å²) in [7, 11) is 0. The van der Waals surface area contributed by atoms with Gasteiger partial charge in [-0.3, -0.25) is 15.2 Å². The van der Waals surface area contributed by atoms with Gasteiger partial charge in [0.05, 0.1) is 4.92 Å². The number of aromatic nitrogens is 3. The van der Waals surface area contributed by atoms with Gasteiger partial charge >= 0.3 is 0 Å². The Kier molecular flexibility index (Phi) is 4.57. The molecule has 3 aromatic rings. The first kappa shape index (κ1) is 16.1. The molecule has 8 heteroatoms. The molecule has 0 saturated carbocycles. The van der Waals surface area contributed by atoms with Crippen LogP contribution in [-0.4, -0.2) is 20.1 Å². The summed E-state index contributed by atoms with van der Waals surface area (Å²) in [6.45, 7) is 1.94. The minimum atomic E-state index is -0.408. The highest BCUT2D eigenvalue weighted by Gasteiger charge is 2.13. The van der Waals surface area contributed by atoms with Crippen LogP contribution in [0.1, 0.15) is 11.4 Å². The van der Waals surface area contributed by atoms with Crippen molar-refractivity contribution in [3.63, 3.8) is 0 Å². The monoisotopic (exact) mass is 388 g/mol. The molecule has 3 rings (SSSR count). The van der Waals surface area contributed by atoms with Gasteiger partial charge in [-0.2, -0.15) is 5.10 Å². The van der Waals surface area contributed by atoms with Gasteiger partial charge in [-0.15, -0.1) is 0 Å². The lowest BCUT2D eigenvalue weighted by molar-refractivity contribution is -0.385. The van der Waals surface area contributed by atoms with Gasteiger partial charge in [-0.1, -0.05) is 15.9 Å². The molecule has 0 aliphatic carbocycles. The zero-order chi connectivity index (χ0) is 17.1. The maximum atomic E-state index is 10.9. The SMILES string of the molecule is Cc1cc(-c2n[nH]c(COc3ccc(Br)cc3)n2)ccc1[N+](=O)[O-]. The summed E-state index contributed by atoms with van der Waals surface area (Å²) in [5.74, 6) is 1.77. The van der Waals surface area contributed by atoms with Crippen LogP contribution in [0.2, 0.25) is 0 Å². The lowest BCUT2D eigenvalue weighted by Gasteiger charge is -2.03. The number of benzene rings is 2. The second-order valence-corrected chi connectivity index (χ2v) is 6.02. The summed E-state index contributed by atoms with van der Waals surface area (Å²) >= 11 is 3.36. The fourth-order valence-electron chi connectivity index (χ4n) is 2.17. The van der Waals surface area contributed by atoms with Crippen molar-refractivity contribution >= 4 is 21.6 Å². The molecule has 0 aliphatic heterocycles. The van der Waals surface area contributed by atoms with E-state index >= 15 is 0 Å². The molecule has 7 nitrogen and oxygen atoms in total. The standard InChI is InChI=1S/C16H13BrN4O3/c1-10-8-11(2-7-14(10)21(22)23)16-18-15(19-20-16)9-24-13-5-3-12(17)4-6-13/h2-8H,9H2,1H3,(H,18,19,20). The number of nitro groups is 1. The van der Waals surface area contributed by atoms with Crippen LogP contribution in [0.5, 0.6) is 5.75 Å². The Labute approximate surface area is 146 Å². The van der Waals surface area contributed by atoms with Crippen molar-refractivity contribution in [2.24, 2.45) is 0 Å². The summed E-state index contributed by atoms with van der Waals surface area (Å²) in [6, 6.07) is 12.3. The molecule has 0 aliphatic rings. The molecule has 0 bridgehead atoms. The quantitative estimate of drug-likeness (QED) is 0.525. The van der Waals surface area contributed by atoms with Crippen molar-refractivity contribution < 1.29 is 9.66 Å². The van der Waals surface area contributed by atoms with Crippen LogP contribution in [-0.2, 0) is 6.61 Å². The van der Waals surface area contributed by atoms with Gasteiger partial charge in [0.15, 0.2) is 11.6 Å². The van der Waals surface area contributed by atoms with Gasteiger partial charge in [0.1, 0.15) is 12.4 Å². The number of halogens is 1. The van der Waals surface area contributed by atoms with Crippen LogP contribution in [0.15, 0.2) is 46.9 Å².